The zero-order chi connectivity index (χ0) is 34.6. The smallest absolute Gasteiger partial charge is 0.221 e. The number of hydrogen-bond donors (Lipinski definition) is 6. The summed E-state index contributed by atoms with van der Waals surface area (Å²) in [6.45, 7) is 10.9. The molecule has 248 valence electrons. The minimum atomic E-state index is -1.16. The normalized spacial score (nSPS) is 13.9. The maximum atomic E-state index is 11.3. The van der Waals surface area contributed by atoms with E-state index in [2.05, 4.69) is 30.6 Å². The van der Waals surface area contributed by atoms with Gasteiger partial charge in [0, 0.05) is 37.6 Å². The molecule has 6 N–H and O–H groups in total. The van der Waals surface area contributed by atoms with Gasteiger partial charge in [-0.25, -0.2) is 9.97 Å². The molecule has 0 aliphatic carbocycles. The van der Waals surface area contributed by atoms with Crippen molar-refractivity contribution in [3.63, 3.8) is 0 Å². The molecule has 2 aromatic heterocycles. The Morgan fingerprint density at radius 3 is 1.27 bits per heavy atom. The van der Waals surface area contributed by atoms with E-state index in [4.69, 9.17) is 0 Å². The molecule has 0 aliphatic heterocycles. The molecule has 0 spiro atoms. The molecular formula is C38H42N6O4. The van der Waals surface area contributed by atoms with Gasteiger partial charge in [-0.2, -0.15) is 0 Å². The highest BCUT2D eigenvalue weighted by atomic mass is 16.3. The van der Waals surface area contributed by atoms with Crippen LogP contribution < -0.4 is 10.6 Å². The van der Waals surface area contributed by atoms with Crippen LogP contribution in [0.4, 0.5) is 11.4 Å². The van der Waals surface area contributed by atoms with Gasteiger partial charge in [-0.15, -0.1) is 0 Å². The first-order valence-corrected chi connectivity index (χ1v) is 15.9. The lowest BCUT2D eigenvalue weighted by atomic mass is 9.80. The molecule has 0 saturated carbocycles. The molecule has 4 aromatic carbocycles. The minimum Gasteiger partial charge on any atom is -0.378 e. The number of nitrogens with one attached hydrogen (secondary N) is 4. The van der Waals surface area contributed by atoms with Crippen molar-refractivity contribution in [2.75, 3.05) is 10.6 Å². The van der Waals surface area contributed by atoms with Crippen molar-refractivity contribution in [3.8, 4) is 0 Å². The number of aliphatic hydroxyl groups is 2. The van der Waals surface area contributed by atoms with Gasteiger partial charge in [0.25, 0.3) is 0 Å². The van der Waals surface area contributed by atoms with Crippen LogP contribution in [0.25, 0.3) is 21.5 Å². The van der Waals surface area contributed by atoms with Crippen LogP contribution in [0.15, 0.2) is 97.8 Å². The average Bonchev–Trinajstić information content (AvgIpc) is 3.79. The lowest BCUT2D eigenvalue weighted by Gasteiger charge is -2.31. The molecule has 6 rings (SSSR count). The molecule has 2 heterocycles. The molecule has 10 heteroatoms. The Labute approximate surface area is 279 Å². The van der Waals surface area contributed by atoms with Crippen molar-refractivity contribution in [1.82, 2.24) is 19.9 Å². The van der Waals surface area contributed by atoms with Crippen LogP contribution in [0.5, 0.6) is 0 Å². The van der Waals surface area contributed by atoms with Crippen molar-refractivity contribution >= 4 is 44.7 Å². The molecule has 2 amide bonds. The third-order valence-corrected chi connectivity index (χ3v) is 8.65. The van der Waals surface area contributed by atoms with E-state index in [-0.39, 0.29) is 23.7 Å². The summed E-state index contributed by atoms with van der Waals surface area (Å²) in [5.41, 5.74) is 1.99. The number of fused-ring (bicyclic) bond motifs is 2. The summed E-state index contributed by atoms with van der Waals surface area (Å²) < 4.78 is 0. The second-order valence-electron chi connectivity index (χ2n) is 12.7. The molecular weight excluding hydrogens is 604 g/mol. The van der Waals surface area contributed by atoms with Crippen LogP contribution >= 0.6 is 0 Å². The van der Waals surface area contributed by atoms with E-state index in [9.17, 15) is 19.8 Å². The average molecular weight is 647 g/mol. The second kappa shape index (κ2) is 13.8. The van der Waals surface area contributed by atoms with E-state index in [0.29, 0.717) is 11.4 Å². The van der Waals surface area contributed by atoms with Gasteiger partial charge in [0.05, 0.1) is 24.0 Å². The topological polar surface area (TPSA) is 156 Å². The lowest BCUT2D eigenvalue weighted by molar-refractivity contribution is -0.115. The number of H-pyrrole nitrogens is 2. The summed E-state index contributed by atoms with van der Waals surface area (Å²) in [6, 6.07) is 23.1. The van der Waals surface area contributed by atoms with Crippen molar-refractivity contribution in [3.05, 3.63) is 120 Å². The Balaban J connectivity index is 0.000000188. The third kappa shape index (κ3) is 6.85. The lowest BCUT2D eigenvalue weighted by Crippen LogP contribution is -2.33. The van der Waals surface area contributed by atoms with Gasteiger partial charge >= 0.3 is 0 Å². The first kappa shape index (κ1) is 34.0. The van der Waals surface area contributed by atoms with Crippen LogP contribution in [-0.4, -0.2) is 42.0 Å². The first-order chi connectivity index (χ1) is 22.8. The fraction of sp³-hybridized carbons (Fsp3) is 0.263. The minimum absolute atomic E-state index is 0.0445. The number of imidazole rings is 2. The molecule has 2 atom stereocenters. The molecule has 0 fully saturated rings. The fourth-order valence-electron chi connectivity index (χ4n) is 6.02. The Morgan fingerprint density at radius 2 is 0.958 bits per heavy atom. The number of benzene rings is 4. The number of nitrogens with zero attached hydrogens (tertiary/aromatic N) is 2. The third-order valence-electron chi connectivity index (χ3n) is 8.65. The summed E-state index contributed by atoms with van der Waals surface area (Å²) in [5.74, 6) is -0.286. The number of amides is 2. The molecule has 2 unspecified atom stereocenters. The summed E-state index contributed by atoms with van der Waals surface area (Å²) in [6.07, 6.45) is 6.60. The van der Waals surface area contributed by atoms with E-state index in [0.717, 1.165) is 44.0 Å². The number of rotatable bonds is 8. The molecule has 10 nitrogen and oxygen atoms in total. The van der Waals surface area contributed by atoms with Crippen molar-refractivity contribution < 1.29 is 19.8 Å². The zero-order valence-corrected chi connectivity index (χ0v) is 28.0. The highest BCUT2D eigenvalue weighted by Crippen LogP contribution is 2.38. The number of carbonyl (C=O) groups is 2. The summed E-state index contributed by atoms with van der Waals surface area (Å²) >= 11 is 0. The SMILES string of the molecule is CC(=O)Nc1ccc2cc(C(O)(c3c[nH]cn3)C(C)C)ccc2c1.CC(=O)Nc1ccc2cc(C(O)(c3c[nH]cn3)C(C)C)ccc2c1. The van der Waals surface area contributed by atoms with Crippen molar-refractivity contribution in [2.24, 2.45) is 11.8 Å². The summed E-state index contributed by atoms with van der Waals surface area (Å²) in [5, 5.41) is 32.2. The van der Waals surface area contributed by atoms with E-state index < -0.39 is 11.2 Å². The molecule has 0 radical (unpaired) electrons. The second-order valence-corrected chi connectivity index (χ2v) is 12.7. The fourth-order valence-corrected chi connectivity index (χ4v) is 6.02. The van der Waals surface area contributed by atoms with E-state index in [1.54, 1.807) is 25.0 Å². The first-order valence-electron chi connectivity index (χ1n) is 15.9. The quantitative estimate of drug-likeness (QED) is 0.107. The van der Waals surface area contributed by atoms with Crippen molar-refractivity contribution in [1.29, 1.82) is 0 Å². The summed E-state index contributed by atoms with van der Waals surface area (Å²) in [4.78, 5) is 36.7. The van der Waals surface area contributed by atoms with Crippen molar-refractivity contribution in [2.45, 2.75) is 52.7 Å². The monoisotopic (exact) mass is 646 g/mol. The van der Waals surface area contributed by atoms with Gasteiger partial charge in [0.15, 0.2) is 0 Å². The Bertz CT molecular complexity index is 1890. The number of carbonyl (C=O) groups excluding carboxylic acids is 2. The Kier molecular flexibility index (Phi) is 9.79. The van der Waals surface area contributed by atoms with Gasteiger partial charge in [0.2, 0.25) is 11.8 Å². The number of aromatic amines is 2. The van der Waals surface area contributed by atoms with Crippen LogP contribution in [0.2, 0.25) is 0 Å². The zero-order valence-electron chi connectivity index (χ0n) is 28.0. The largest absolute Gasteiger partial charge is 0.378 e. The molecule has 6 aromatic rings. The van der Waals surface area contributed by atoms with Crippen LogP contribution in [0.3, 0.4) is 0 Å². The molecule has 48 heavy (non-hydrogen) atoms. The van der Waals surface area contributed by atoms with Gasteiger partial charge in [-0.3, -0.25) is 9.59 Å². The maximum absolute atomic E-state index is 11.3. The Hall–Kier alpha value is -5.32. The van der Waals surface area contributed by atoms with E-state index in [1.807, 2.05) is 100 Å². The van der Waals surface area contributed by atoms with Crippen LogP contribution in [0, 0.1) is 11.8 Å². The van der Waals surface area contributed by atoms with E-state index >= 15 is 0 Å². The molecule has 0 bridgehead atoms. The molecule has 0 saturated heterocycles. The number of anilines is 2. The van der Waals surface area contributed by atoms with Gasteiger partial charge in [-0.05, 0) is 80.9 Å². The maximum Gasteiger partial charge on any atom is 0.221 e. The van der Waals surface area contributed by atoms with E-state index in [1.165, 1.54) is 13.8 Å². The predicted octanol–water partition coefficient (Wildman–Crippen LogP) is 6.83. The van der Waals surface area contributed by atoms with Crippen LogP contribution in [-0.2, 0) is 20.8 Å². The standard InChI is InChI=1S/2C19H21N3O2/c2*1-12(2)19(24,18-10-20-11-21-18)16-6-4-15-9-17(22-13(3)23)7-5-14(15)8-16/h2*4-12,24H,1-3H3,(H,20,21)(H,22,23). The predicted molar refractivity (Wildman–Crippen MR) is 189 cm³/mol. The number of hydrogen-bond acceptors (Lipinski definition) is 6. The molecule has 0 aliphatic rings. The Morgan fingerprint density at radius 1 is 0.604 bits per heavy atom. The highest BCUT2D eigenvalue weighted by molar-refractivity contribution is 5.94. The van der Waals surface area contributed by atoms with Crippen LogP contribution in [0.1, 0.15) is 64.1 Å². The van der Waals surface area contributed by atoms with Gasteiger partial charge in [0.1, 0.15) is 11.2 Å². The highest BCUT2D eigenvalue weighted by Gasteiger charge is 2.38. The van der Waals surface area contributed by atoms with Gasteiger partial charge < -0.3 is 30.8 Å². The summed E-state index contributed by atoms with van der Waals surface area (Å²) in [7, 11) is 0. The number of aromatic nitrogens is 4. The van der Waals surface area contributed by atoms with Gasteiger partial charge in [-0.1, -0.05) is 64.1 Å².